The lowest BCUT2D eigenvalue weighted by Gasteiger charge is -2.18. The van der Waals surface area contributed by atoms with E-state index in [1.807, 2.05) is 0 Å². The molecule has 9 rings (SSSR count). The predicted molar refractivity (Wildman–Crippen MR) is 191 cm³/mol. The summed E-state index contributed by atoms with van der Waals surface area (Å²) in [5, 5.41) is 10.1. The highest BCUT2D eigenvalue weighted by Gasteiger charge is 2.17. The molecule has 0 aliphatic rings. The SMILES string of the molecule is CCc1nc2ccccc2n1-c1ccc2cc(-c3c4ccccc4c(-c4ccc5ccccc5c4)c4ccccc34)ccc2c1. The molecule has 0 bridgehead atoms. The van der Waals surface area contributed by atoms with Crippen LogP contribution >= 0.6 is 0 Å². The minimum Gasteiger partial charge on any atom is -0.296 e. The first kappa shape index (κ1) is 25.7. The van der Waals surface area contributed by atoms with Crippen LogP contribution in [0.25, 0.3) is 82.1 Å². The van der Waals surface area contributed by atoms with Gasteiger partial charge in [0.15, 0.2) is 0 Å². The maximum absolute atomic E-state index is 4.91. The van der Waals surface area contributed by atoms with E-state index in [1.54, 1.807) is 0 Å². The molecule has 0 saturated heterocycles. The summed E-state index contributed by atoms with van der Waals surface area (Å²) in [6, 6.07) is 55.4. The average Bonchev–Trinajstić information content (AvgIpc) is 3.49. The van der Waals surface area contributed by atoms with Gasteiger partial charge in [-0.1, -0.05) is 122 Å². The third-order valence-corrected chi connectivity index (χ3v) is 9.29. The molecule has 0 atom stereocenters. The number of aromatic nitrogens is 2. The standard InChI is InChI=1S/C43H30N2/c1-2-41-44-39-17-9-10-18-40(39)45(41)34-24-23-30-26-33(22-20-31(30)27-34)43-37-15-7-5-13-35(37)42(36-14-6-8-16-38(36)43)32-21-19-28-11-3-4-12-29(28)25-32/h3-27H,2H2,1H3. The molecule has 0 aliphatic carbocycles. The van der Waals surface area contributed by atoms with Gasteiger partial charge in [-0.05, 0) is 102 Å². The van der Waals surface area contributed by atoms with E-state index < -0.39 is 0 Å². The number of hydrogen-bond donors (Lipinski definition) is 0. The summed E-state index contributed by atoms with van der Waals surface area (Å²) in [4.78, 5) is 4.91. The van der Waals surface area contributed by atoms with Crippen molar-refractivity contribution < 1.29 is 0 Å². The number of nitrogens with zero attached hydrogens (tertiary/aromatic N) is 2. The van der Waals surface area contributed by atoms with Crippen LogP contribution in [0.4, 0.5) is 0 Å². The van der Waals surface area contributed by atoms with Crippen molar-refractivity contribution >= 4 is 54.1 Å². The lowest BCUT2D eigenvalue weighted by atomic mass is 9.85. The summed E-state index contributed by atoms with van der Waals surface area (Å²) in [6.45, 7) is 2.17. The van der Waals surface area contributed by atoms with Crippen LogP contribution in [0.3, 0.4) is 0 Å². The molecule has 0 spiro atoms. The van der Waals surface area contributed by atoms with E-state index in [0.717, 1.165) is 29.0 Å². The van der Waals surface area contributed by atoms with Gasteiger partial charge in [-0.2, -0.15) is 0 Å². The van der Waals surface area contributed by atoms with E-state index in [9.17, 15) is 0 Å². The average molecular weight is 575 g/mol. The second-order valence-electron chi connectivity index (χ2n) is 11.9. The van der Waals surface area contributed by atoms with Gasteiger partial charge >= 0.3 is 0 Å². The van der Waals surface area contributed by atoms with Crippen molar-refractivity contribution in [3.05, 3.63) is 157 Å². The zero-order chi connectivity index (χ0) is 29.9. The van der Waals surface area contributed by atoms with E-state index in [1.165, 1.54) is 65.3 Å². The summed E-state index contributed by atoms with van der Waals surface area (Å²) in [5.74, 6) is 1.08. The van der Waals surface area contributed by atoms with Crippen LogP contribution in [0.1, 0.15) is 12.7 Å². The molecule has 8 aromatic carbocycles. The molecule has 0 radical (unpaired) electrons. The van der Waals surface area contributed by atoms with E-state index >= 15 is 0 Å². The molecule has 0 fully saturated rings. The molecule has 9 aromatic rings. The number of hydrogen-bond acceptors (Lipinski definition) is 1. The summed E-state index contributed by atoms with van der Waals surface area (Å²) < 4.78 is 2.30. The highest BCUT2D eigenvalue weighted by atomic mass is 15.1. The Kier molecular flexibility index (Phi) is 5.82. The van der Waals surface area contributed by atoms with Crippen LogP contribution in [-0.4, -0.2) is 9.55 Å². The van der Waals surface area contributed by atoms with Gasteiger partial charge in [0.25, 0.3) is 0 Å². The third kappa shape index (κ3) is 4.07. The van der Waals surface area contributed by atoms with Gasteiger partial charge in [-0.3, -0.25) is 4.57 Å². The molecule has 0 saturated carbocycles. The van der Waals surface area contributed by atoms with Crippen molar-refractivity contribution in [1.82, 2.24) is 9.55 Å². The minimum atomic E-state index is 0.876. The van der Waals surface area contributed by atoms with Gasteiger partial charge in [0.05, 0.1) is 11.0 Å². The highest BCUT2D eigenvalue weighted by Crippen LogP contribution is 2.44. The summed E-state index contributed by atoms with van der Waals surface area (Å²) in [6.07, 6.45) is 0.876. The Morgan fingerprint density at radius 2 is 0.956 bits per heavy atom. The molecular formula is C43H30N2. The molecule has 2 heteroatoms. The monoisotopic (exact) mass is 574 g/mol. The zero-order valence-corrected chi connectivity index (χ0v) is 25.0. The Labute approximate surface area is 261 Å². The Bertz CT molecular complexity index is 2530. The Morgan fingerprint density at radius 3 is 1.60 bits per heavy atom. The molecule has 1 aromatic heterocycles. The van der Waals surface area contributed by atoms with Crippen LogP contribution in [0.15, 0.2) is 152 Å². The number of para-hydroxylation sites is 2. The Hall–Kier alpha value is -5.73. The Morgan fingerprint density at radius 1 is 0.467 bits per heavy atom. The van der Waals surface area contributed by atoms with Crippen molar-refractivity contribution in [2.75, 3.05) is 0 Å². The van der Waals surface area contributed by atoms with Crippen molar-refractivity contribution in [2.24, 2.45) is 0 Å². The largest absolute Gasteiger partial charge is 0.296 e. The van der Waals surface area contributed by atoms with Gasteiger partial charge in [0.2, 0.25) is 0 Å². The first-order valence-corrected chi connectivity index (χ1v) is 15.7. The molecule has 1 heterocycles. The van der Waals surface area contributed by atoms with Crippen LogP contribution < -0.4 is 0 Å². The molecule has 0 unspecified atom stereocenters. The Balaban J connectivity index is 1.25. The van der Waals surface area contributed by atoms with Crippen LogP contribution in [0.5, 0.6) is 0 Å². The second-order valence-corrected chi connectivity index (χ2v) is 11.9. The fourth-order valence-corrected chi connectivity index (χ4v) is 7.22. The van der Waals surface area contributed by atoms with E-state index in [4.69, 9.17) is 4.98 Å². The van der Waals surface area contributed by atoms with Crippen molar-refractivity contribution in [1.29, 1.82) is 0 Å². The predicted octanol–water partition coefficient (Wildman–Crippen LogP) is 11.5. The lowest BCUT2D eigenvalue weighted by molar-refractivity contribution is 0.909. The van der Waals surface area contributed by atoms with Crippen LogP contribution in [-0.2, 0) is 6.42 Å². The topological polar surface area (TPSA) is 17.8 Å². The number of benzene rings is 8. The molecule has 2 nitrogen and oxygen atoms in total. The quantitative estimate of drug-likeness (QED) is 0.191. The number of aryl methyl sites for hydroxylation is 1. The maximum Gasteiger partial charge on any atom is 0.114 e. The third-order valence-electron chi connectivity index (χ3n) is 9.29. The van der Waals surface area contributed by atoms with Crippen molar-refractivity contribution in [3.8, 4) is 27.9 Å². The van der Waals surface area contributed by atoms with E-state index in [0.29, 0.717) is 0 Å². The van der Waals surface area contributed by atoms with Gasteiger partial charge in [0, 0.05) is 12.1 Å². The zero-order valence-electron chi connectivity index (χ0n) is 25.0. The molecule has 45 heavy (non-hydrogen) atoms. The molecule has 0 aliphatic heterocycles. The fraction of sp³-hybridized carbons (Fsp3) is 0.0465. The van der Waals surface area contributed by atoms with Crippen molar-refractivity contribution in [3.63, 3.8) is 0 Å². The summed E-state index contributed by atoms with van der Waals surface area (Å²) in [7, 11) is 0. The maximum atomic E-state index is 4.91. The van der Waals surface area contributed by atoms with Gasteiger partial charge in [-0.15, -0.1) is 0 Å². The highest BCUT2D eigenvalue weighted by molar-refractivity contribution is 6.22. The van der Waals surface area contributed by atoms with Gasteiger partial charge < -0.3 is 0 Å². The first-order valence-electron chi connectivity index (χ1n) is 15.7. The van der Waals surface area contributed by atoms with Crippen LogP contribution in [0, 0.1) is 0 Å². The van der Waals surface area contributed by atoms with Gasteiger partial charge in [0.1, 0.15) is 5.82 Å². The van der Waals surface area contributed by atoms with Crippen LogP contribution in [0.2, 0.25) is 0 Å². The van der Waals surface area contributed by atoms with Gasteiger partial charge in [-0.25, -0.2) is 4.98 Å². The number of fused-ring (bicyclic) bond motifs is 5. The first-order chi connectivity index (χ1) is 22.3. The summed E-state index contributed by atoms with van der Waals surface area (Å²) in [5.41, 5.74) is 8.39. The minimum absolute atomic E-state index is 0.876. The normalized spacial score (nSPS) is 11.8. The molecule has 0 N–H and O–H groups in total. The molecular weight excluding hydrogens is 544 g/mol. The van der Waals surface area contributed by atoms with Crippen molar-refractivity contribution in [2.45, 2.75) is 13.3 Å². The van der Waals surface area contributed by atoms with E-state index in [-0.39, 0.29) is 0 Å². The lowest BCUT2D eigenvalue weighted by Crippen LogP contribution is -2.00. The summed E-state index contributed by atoms with van der Waals surface area (Å²) >= 11 is 0. The molecule has 0 amide bonds. The fourth-order valence-electron chi connectivity index (χ4n) is 7.22. The smallest absolute Gasteiger partial charge is 0.114 e. The van der Waals surface area contributed by atoms with E-state index in [2.05, 4.69) is 163 Å². The molecule has 212 valence electrons. The number of imidazole rings is 1. The number of rotatable bonds is 4. The second kappa shape index (κ2) is 10.2.